The van der Waals surface area contributed by atoms with Crippen molar-refractivity contribution in [3.8, 4) is 0 Å². The highest BCUT2D eigenvalue weighted by Crippen LogP contribution is 2.18. The molecule has 0 saturated heterocycles. The van der Waals surface area contributed by atoms with E-state index in [1.54, 1.807) is 6.26 Å². The number of hydrogen-bond acceptors (Lipinski definition) is 3. The maximum absolute atomic E-state index is 5.40. The normalized spacial score (nSPS) is 12.6. The molecule has 1 N–H and O–H groups in total. The Labute approximate surface area is 102 Å². The molecule has 17 heavy (non-hydrogen) atoms. The molecule has 0 saturated carbocycles. The van der Waals surface area contributed by atoms with Crippen molar-refractivity contribution < 1.29 is 4.42 Å². The fourth-order valence-electron chi connectivity index (χ4n) is 1.87. The zero-order valence-electron chi connectivity index (χ0n) is 10.3. The molecule has 2 aromatic rings. The van der Waals surface area contributed by atoms with E-state index in [2.05, 4.69) is 23.3 Å². The number of rotatable bonds is 5. The van der Waals surface area contributed by atoms with Gasteiger partial charge in [-0.2, -0.15) is 0 Å². The van der Waals surface area contributed by atoms with Crippen LogP contribution in [-0.4, -0.2) is 11.5 Å². The summed E-state index contributed by atoms with van der Waals surface area (Å²) in [7, 11) is 0. The minimum Gasteiger partial charge on any atom is -0.469 e. The lowest BCUT2D eigenvalue weighted by Crippen LogP contribution is -2.23. The molecule has 90 valence electrons. The standard InChI is InChI=1S/C14H18N2O/c1-3-15-14(9-13-5-4-8-17-13)12-7-6-11(2)16-10-12/h4-8,10,14-15H,3,9H2,1-2H3. The largest absolute Gasteiger partial charge is 0.469 e. The molecule has 2 rings (SSSR count). The van der Waals surface area contributed by atoms with Crippen LogP contribution in [0.25, 0.3) is 0 Å². The van der Waals surface area contributed by atoms with Crippen LogP contribution in [0.1, 0.15) is 30.0 Å². The van der Waals surface area contributed by atoms with E-state index in [0.29, 0.717) is 0 Å². The minimum absolute atomic E-state index is 0.263. The Balaban J connectivity index is 2.13. The summed E-state index contributed by atoms with van der Waals surface area (Å²) < 4.78 is 5.40. The first-order valence-corrected chi connectivity index (χ1v) is 5.98. The first-order chi connectivity index (χ1) is 8.29. The summed E-state index contributed by atoms with van der Waals surface area (Å²) in [5, 5.41) is 3.46. The number of hydrogen-bond donors (Lipinski definition) is 1. The molecule has 2 aromatic heterocycles. The van der Waals surface area contributed by atoms with Gasteiger partial charge in [0, 0.05) is 24.4 Å². The third kappa shape index (κ3) is 3.17. The molecule has 1 atom stereocenters. The second kappa shape index (κ2) is 5.64. The highest BCUT2D eigenvalue weighted by molar-refractivity contribution is 5.19. The van der Waals surface area contributed by atoms with Crippen molar-refractivity contribution in [1.82, 2.24) is 10.3 Å². The quantitative estimate of drug-likeness (QED) is 0.858. The summed E-state index contributed by atoms with van der Waals surface area (Å²) in [6.07, 6.45) is 4.50. The van der Waals surface area contributed by atoms with Crippen LogP contribution in [0.4, 0.5) is 0 Å². The third-order valence-electron chi connectivity index (χ3n) is 2.77. The first kappa shape index (κ1) is 11.9. The van der Waals surface area contributed by atoms with Crippen LogP contribution in [0.2, 0.25) is 0 Å². The van der Waals surface area contributed by atoms with Crippen LogP contribution in [0.5, 0.6) is 0 Å². The van der Waals surface area contributed by atoms with Gasteiger partial charge in [0.15, 0.2) is 0 Å². The van der Waals surface area contributed by atoms with Crippen LogP contribution < -0.4 is 5.32 Å². The molecule has 0 radical (unpaired) electrons. The zero-order chi connectivity index (χ0) is 12.1. The van der Waals surface area contributed by atoms with E-state index in [-0.39, 0.29) is 6.04 Å². The lowest BCUT2D eigenvalue weighted by atomic mass is 10.0. The predicted molar refractivity (Wildman–Crippen MR) is 67.8 cm³/mol. The van der Waals surface area contributed by atoms with Gasteiger partial charge in [0.05, 0.1) is 6.26 Å². The molecule has 0 bridgehead atoms. The molecule has 0 aliphatic rings. The van der Waals surface area contributed by atoms with Crippen LogP contribution in [0.15, 0.2) is 41.1 Å². The molecule has 1 unspecified atom stereocenters. The molecule has 0 amide bonds. The number of furan rings is 1. The molecule has 3 heteroatoms. The second-order valence-corrected chi connectivity index (χ2v) is 4.13. The Bertz CT molecular complexity index is 434. The molecule has 0 aliphatic carbocycles. The average Bonchev–Trinajstić information content (AvgIpc) is 2.82. The Morgan fingerprint density at radius 3 is 2.82 bits per heavy atom. The van der Waals surface area contributed by atoms with Crippen LogP contribution >= 0.6 is 0 Å². The predicted octanol–water partition coefficient (Wildman–Crippen LogP) is 2.88. The monoisotopic (exact) mass is 230 g/mol. The Morgan fingerprint density at radius 1 is 1.35 bits per heavy atom. The zero-order valence-corrected chi connectivity index (χ0v) is 10.3. The number of nitrogens with zero attached hydrogens (tertiary/aromatic N) is 1. The topological polar surface area (TPSA) is 38.1 Å². The van der Waals surface area contributed by atoms with E-state index in [9.17, 15) is 0 Å². The van der Waals surface area contributed by atoms with Crippen LogP contribution in [-0.2, 0) is 6.42 Å². The Morgan fingerprint density at radius 2 is 2.24 bits per heavy atom. The maximum atomic E-state index is 5.40. The summed E-state index contributed by atoms with van der Waals surface area (Å²) in [6.45, 7) is 5.04. The van der Waals surface area contributed by atoms with Gasteiger partial charge in [-0.15, -0.1) is 0 Å². The van der Waals surface area contributed by atoms with Gasteiger partial charge < -0.3 is 9.73 Å². The Hall–Kier alpha value is -1.61. The number of aryl methyl sites for hydroxylation is 1. The average molecular weight is 230 g/mol. The molecule has 2 heterocycles. The summed E-state index contributed by atoms with van der Waals surface area (Å²) in [5.74, 6) is 0.997. The summed E-state index contributed by atoms with van der Waals surface area (Å²) >= 11 is 0. The fourth-order valence-corrected chi connectivity index (χ4v) is 1.87. The van der Waals surface area contributed by atoms with Gasteiger partial charge in [-0.25, -0.2) is 0 Å². The van der Waals surface area contributed by atoms with Crippen molar-refractivity contribution in [2.45, 2.75) is 26.3 Å². The molecular weight excluding hydrogens is 212 g/mol. The second-order valence-electron chi connectivity index (χ2n) is 4.13. The van der Waals surface area contributed by atoms with E-state index in [1.807, 2.05) is 31.3 Å². The van der Waals surface area contributed by atoms with Crippen LogP contribution in [0, 0.1) is 6.92 Å². The van der Waals surface area contributed by atoms with E-state index in [1.165, 1.54) is 5.56 Å². The molecule has 3 nitrogen and oxygen atoms in total. The lowest BCUT2D eigenvalue weighted by Gasteiger charge is -2.16. The van der Waals surface area contributed by atoms with Crippen molar-refractivity contribution in [2.75, 3.05) is 6.54 Å². The summed E-state index contributed by atoms with van der Waals surface area (Å²) in [5.41, 5.74) is 2.25. The van der Waals surface area contributed by atoms with E-state index >= 15 is 0 Å². The molecular formula is C14H18N2O. The number of aromatic nitrogens is 1. The van der Waals surface area contributed by atoms with Gasteiger partial charge in [-0.1, -0.05) is 13.0 Å². The summed E-state index contributed by atoms with van der Waals surface area (Å²) in [4.78, 5) is 4.34. The van der Waals surface area contributed by atoms with E-state index < -0.39 is 0 Å². The molecule has 0 aliphatic heterocycles. The van der Waals surface area contributed by atoms with Crippen LogP contribution in [0.3, 0.4) is 0 Å². The van der Waals surface area contributed by atoms with Gasteiger partial charge in [0.25, 0.3) is 0 Å². The van der Waals surface area contributed by atoms with Crippen molar-refractivity contribution in [1.29, 1.82) is 0 Å². The molecule has 0 fully saturated rings. The van der Waals surface area contributed by atoms with Crippen molar-refractivity contribution in [3.05, 3.63) is 53.7 Å². The first-order valence-electron chi connectivity index (χ1n) is 5.98. The number of pyridine rings is 1. The maximum Gasteiger partial charge on any atom is 0.105 e. The van der Waals surface area contributed by atoms with Gasteiger partial charge in [0.1, 0.15) is 5.76 Å². The third-order valence-corrected chi connectivity index (χ3v) is 2.77. The van der Waals surface area contributed by atoms with E-state index in [0.717, 1.165) is 24.4 Å². The van der Waals surface area contributed by atoms with Crippen molar-refractivity contribution >= 4 is 0 Å². The van der Waals surface area contributed by atoms with Gasteiger partial charge >= 0.3 is 0 Å². The number of likely N-dealkylation sites (N-methyl/N-ethyl adjacent to an activating group) is 1. The fraction of sp³-hybridized carbons (Fsp3) is 0.357. The van der Waals surface area contributed by atoms with Crippen molar-refractivity contribution in [3.63, 3.8) is 0 Å². The SMILES string of the molecule is CCNC(Cc1ccco1)c1ccc(C)nc1. The van der Waals surface area contributed by atoms with Crippen molar-refractivity contribution in [2.24, 2.45) is 0 Å². The minimum atomic E-state index is 0.263. The lowest BCUT2D eigenvalue weighted by molar-refractivity contribution is 0.454. The van der Waals surface area contributed by atoms with Gasteiger partial charge in [0.2, 0.25) is 0 Å². The van der Waals surface area contributed by atoms with Gasteiger partial charge in [-0.05, 0) is 37.2 Å². The Kier molecular flexibility index (Phi) is 3.94. The molecule has 0 spiro atoms. The van der Waals surface area contributed by atoms with E-state index in [4.69, 9.17) is 4.42 Å². The highest BCUT2D eigenvalue weighted by Gasteiger charge is 2.12. The van der Waals surface area contributed by atoms with Gasteiger partial charge in [-0.3, -0.25) is 4.98 Å². The number of nitrogens with one attached hydrogen (secondary N) is 1. The summed E-state index contributed by atoms with van der Waals surface area (Å²) in [6, 6.07) is 8.36. The molecule has 0 aromatic carbocycles. The smallest absolute Gasteiger partial charge is 0.105 e. The highest BCUT2D eigenvalue weighted by atomic mass is 16.3.